The second-order valence-corrected chi connectivity index (χ2v) is 2.94. The van der Waals surface area contributed by atoms with Gasteiger partial charge < -0.3 is 4.74 Å². The Kier molecular flexibility index (Phi) is 2.24. The van der Waals surface area contributed by atoms with Gasteiger partial charge in [-0.3, -0.25) is 4.98 Å². The first-order valence-corrected chi connectivity index (χ1v) is 4.34. The Morgan fingerprint density at radius 3 is 2.87 bits per heavy atom. The van der Waals surface area contributed by atoms with Crippen molar-refractivity contribution in [3.8, 4) is 11.7 Å². The number of aryl methyl sites for hydroxylation is 1. The smallest absolute Gasteiger partial charge is 0.353 e. The van der Waals surface area contributed by atoms with E-state index in [1.807, 2.05) is 0 Å². The normalized spacial score (nSPS) is 10.3. The molecule has 2 aromatic rings. The van der Waals surface area contributed by atoms with Crippen LogP contribution in [0.1, 0.15) is 0 Å². The average Bonchev–Trinajstić information content (AvgIpc) is 2.56. The van der Waals surface area contributed by atoms with E-state index in [0.29, 0.717) is 5.69 Å². The SMILES string of the molecule is COc1nn(C)c(=O)n1-c1cccnc1. The van der Waals surface area contributed by atoms with Crippen LogP contribution in [0.2, 0.25) is 0 Å². The summed E-state index contributed by atoms with van der Waals surface area (Å²) in [5, 5.41) is 3.92. The molecule has 0 amide bonds. The van der Waals surface area contributed by atoms with Gasteiger partial charge in [-0.15, -0.1) is 5.10 Å². The van der Waals surface area contributed by atoms with E-state index in [-0.39, 0.29) is 11.7 Å². The number of aromatic nitrogens is 4. The molecule has 0 aromatic carbocycles. The Morgan fingerprint density at radius 2 is 2.27 bits per heavy atom. The first kappa shape index (κ1) is 9.45. The van der Waals surface area contributed by atoms with Gasteiger partial charge in [0, 0.05) is 13.2 Å². The van der Waals surface area contributed by atoms with Gasteiger partial charge >= 0.3 is 11.7 Å². The molecule has 6 heteroatoms. The molecule has 0 N–H and O–H groups in total. The van der Waals surface area contributed by atoms with Crippen LogP contribution in [0.4, 0.5) is 0 Å². The minimum absolute atomic E-state index is 0.246. The lowest BCUT2D eigenvalue weighted by Gasteiger charge is -2.01. The summed E-state index contributed by atoms with van der Waals surface area (Å²) in [6.07, 6.45) is 3.21. The fourth-order valence-electron chi connectivity index (χ4n) is 1.28. The Morgan fingerprint density at radius 1 is 1.47 bits per heavy atom. The van der Waals surface area contributed by atoms with E-state index in [0.717, 1.165) is 0 Å². The standard InChI is InChI=1S/C9H10N4O2/c1-12-9(14)13(8(11-12)15-2)7-4-3-5-10-6-7/h3-6H,1-2H3. The summed E-state index contributed by atoms with van der Waals surface area (Å²) in [6, 6.07) is 3.75. The van der Waals surface area contributed by atoms with E-state index in [4.69, 9.17) is 4.74 Å². The molecule has 2 rings (SSSR count). The van der Waals surface area contributed by atoms with Gasteiger partial charge in [-0.2, -0.15) is 0 Å². The summed E-state index contributed by atoms with van der Waals surface area (Å²) in [5.41, 5.74) is 0.368. The average molecular weight is 206 g/mol. The Bertz CT molecular complexity index is 515. The van der Waals surface area contributed by atoms with Crippen LogP contribution in [0.25, 0.3) is 5.69 Å². The number of ether oxygens (including phenoxy) is 1. The van der Waals surface area contributed by atoms with Crippen LogP contribution in [0.5, 0.6) is 6.01 Å². The van der Waals surface area contributed by atoms with Crippen molar-refractivity contribution in [3.05, 3.63) is 35.0 Å². The van der Waals surface area contributed by atoms with Crippen LogP contribution in [0, 0.1) is 0 Å². The zero-order valence-electron chi connectivity index (χ0n) is 8.41. The predicted octanol–water partition coefficient (Wildman–Crippen LogP) is -0.0254. The molecule has 0 saturated carbocycles. The first-order valence-electron chi connectivity index (χ1n) is 4.34. The molecule has 0 fully saturated rings. The van der Waals surface area contributed by atoms with E-state index in [9.17, 15) is 4.79 Å². The highest BCUT2D eigenvalue weighted by atomic mass is 16.5. The number of nitrogens with zero attached hydrogens (tertiary/aromatic N) is 4. The van der Waals surface area contributed by atoms with Crippen LogP contribution in [0.3, 0.4) is 0 Å². The summed E-state index contributed by atoms with van der Waals surface area (Å²) in [7, 11) is 3.03. The molecule has 0 bridgehead atoms. The largest absolute Gasteiger partial charge is 0.467 e. The maximum atomic E-state index is 11.7. The second kappa shape index (κ2) is 3.56. The van der Waals surface area contributed by atoms with E-state index < -0.39 is 0 Å². The third-order valence-corrected chi connectivity index (χ3v) is 1.98. The van der Waals surface area contributed by atoms with E-state index >= 15 is 0 Å². The Labute approximate surface area is 85.7 Å². The summed E-state index contributed by atoms with van der Waals surface area (Å²) < 4.78 is 7.57. The van der Waals surface area contributed by atoms with Crippen molar-refractivity contribution in [3.63, 3.8) is 0 Å². The number of methoxy groups -OCH3 is 1. The molecule has 6 nitrogen and oxygen atoms in total. The summed E-state index contributed by atoms with van der Waals surface area (Å²) in [5.74, 6) is 0. The molecule has 15 heavy (non-hydrogen) atoms. The quantitative estimate of drug-likeness (QED) is 0.692. The zero-order chi connectivity index (χ0) is 10.8. The van der Waals surface area contributed by atoms with E-state index in [1.54, 1.807) is 31.6 Å². The molecule has 0 aliphatic carbocycles. The molecule has 0 aliphatic heterocycles. The zero-order valence-corrected chi connectivity index (χ0v) is 8.41. The van der Waals surface area contributed by atoms with Gasteiger partial charge in [0.2, 0.25) is 0 Å². The van der Waals surface area contributed by atoms with Gasteiger partial charge in [0.15, 0.2) is 0 Å². The molecule has 0 unspecified atom stereocenters. The molecule has 0 saturated heterocycles. The first-order chi connectivity index (χ1) is 7.24. The lowest BCUT2D eigenvalue weighted by molar-refractivity contribution is 0.368. The highest BCUT2D eigenvalue weighted by molar-refractivity contribution is 5.30. The molecular weight excluding hydrogens is 196 g/mol. The summed E-state index contributed by atoms with van der Waals surface area (Å²) in [4.78, 5) is 15.6. The highest BCUT2D eigenvalue weighted by Gasteiger charge is 2.12. The fraction of sp³-hybridized carbons (Fsp3) is 0.222. The fourth-order valence-corrected chi connectivity index (χ4v) is 1.28. The minimum Gasteiger partial charge on any atom is -0.467 e. The predicted molar refractivity (Wildman–Crippen MR) is 53.2 cm³/mol. The molecule has 0 atom stereocenters. The molecule has 2 heterocycles. The number of rotatable bonds is 2. The molecule has 2 aromatic heterocycles. The molecule has 0 radical (unpaired) electrons. The number of hydrogen-bond acceptors (Lipinski definition) is 4. The van der Waals surface area contributed by atoms with Gasteiger partial charge in [-0.05, 0) is 12.1 Å². The van der Waals surface area contributed by atoms with Crippen molar-refractivity contribution < 1.29 is 4.74 Å². The van der Waals surface area contributed by atoms with Crippen LogP contribution >= 0.6 is 0 Å². The van der Waals surface area contributed by atoms with Crippen molar-refractivity contribution in [1.82, 2.24) is 19.3 Å². The van der Waals surface area contributed by atoms with Crippen LogP contribution in [-0.4, -0.2) is 26.4 Å². The van der Waals surface area contributed by atoms with Gasteiger partial charge in [-0.1, -0.05) is 0 Å². The highest BCUT2D eigenvalue weighted by Crippen LogP contribution is 2.10. The van der Waals surface area contributed by atoms with E-state index in [2.05, 4.69) is 10.1 Å². The van der Waals surface area contributed by atoms with E-state index in [1.165, 1.54) is 16.4 Å². The Hall–Kier alpha value is -2.11. The van der Waals surface area contributed by atoms with Gasteiger partial charge in [-0.25, -0.2) is 14.0 Å². The third-order valence-electron chi connectivity index (χ3n) is 1.98. The van der Waals surface area contributed by atoms with Crippen LogP contribution < -0.4 is 10.4 Å². The van der Waals surface area contributed by atoms with Crippen molar-refractivity contribution in [2.75, 3.05) is 7.11 Å². The van der Waals surface area contributed by atoms with Gasteiger partial charge in [0.25, 0.3) is 0 Å². The molecular formula is C9H10N4O2. The topological polar surface area (TPSA) is 61.9 Å². The second-order valence-electron chi connectivity index (χ2n) is 2.94. The lowest BCUT2D eigenvalue weighted by atomic mass is 10.4. The van der Waals surface area contributed by atoms with Gasteiger partial charge in [0.05, 0.1) is 19.0 Å². The van der Waals surface area contributed by atoms with Crippen molar-refractivity contribution in [2.45, 2.75) is 0 Å². The van der Waals surface area contributed by atoms with Crippen LogP contribution in [-0.2, 0) is 7.05 Å². The molecule has 0 aliphatic rings. The van der Waals surface area contributed by atoms with Crippen LogP contribution in [0.15, 0.2) is 29.3 Å². The number of pyridine rings is 1. The lowest BCUT2D eigenvalue weighted by Crippen LogP contribution is -2.21. The van der Waals surface area contributed by atoms with Crippen molar-refractivity contribution >= 4 is 0 Å². The van der Waals surface area contributed by atoms with Crippen molar-refractivity contribution in [2.24, 2.45) is 7.05 Å². The maximum absolute atomic E-state index is 11.7. The molecule has 0 spiro atoms. The third kappa shape index (κ3) is 1.50. The van der Waals surface area contributed by atoms with Gasteiger partial charge in [0.1, 0.15) is 0 Å². The Balaban J connectivity index is 2.67. The molecule has 78 valence electrons. The number of hydrogen-bond donors (Lipinski definition) is 0. The van der Waals surface area contributed by atoms with Crippen molar-refractivity contribution in [1.29, 1.82) is 0 Å². The monoisotopic (exact) mass is 206 g/mol. The summed E-state index contributed by atoms with van der Waals surface area (Å²) in [6.45, 7) is 0. The minimum atomic E-state index is -0.264. The summed E-state index contributed by atoms with van der Waals surface area (Å²) >= 11 is 0. The maximum Gasteiger partial charge on any atom is 0.353 e.